The number of carbonyl (C=O) groups is 1. The van der Waals surface area contributed by atoms with E-state index < -0.39 is 0 Å². The fourth-order valence-corrected chi connectivity index (χ4v) is 7.45. The lowest BCUT2D eigenvalue weighted by Gasteiger charge is -2.60. The Bertz CT molecular complexity index is 571. The molecule has 0 aliphatic heterocycles. The third-order valence-electron chi connectivity index (χ3n) is 6.23. The van der Waals surface area contributed by atoms with Crippen LogP contribution in [0.1, 0.15) is 50.5 Å². The molecule has 1 N–H and O–H groups in total. The molecule has 1 amide bonds. The van der Waals surface area contributed by atoms with Gasteiger partial charge in [0.15, 0.2) is 0 Å². The van der Waals surface area contributed by atoms with Crippen LogP contribution in [0.2, 0.25) is 0 Å². The molecule has 4 saturated carbocycles. The summed E-state index contributed by atoms with van der Waals surface area (Å²) in [6.45, 7) is 0.755. The predicted octanol–water partition coefficient (Wildman–Crippen LogP) is 4.47. The quantitative estimate of drug-likeness (QED) is 0.755. The summed E-state index contributed by atoms with van der Waals surface area (Å²) in [7, 11) is 0. The first-order chi connectivity index (χ1) is 11.0. The van der Waals surface area contributed by atoms with E-state index in [9.17, 15) is 4.79 Å². The molecule has 4 fully saturated rings. The van der Waals surface area contributed by atoms with Crippen molar-refractivity contribution in [3.8, 4) is 0 Å². The maximum atomic E-state index is 12.5. The maximum Gasteiger partial charge on any atom is 0.220 e. The van der Waals surface area contributed by atoms with Gasteiger partial charge in [-0.3, -0.25) is 4.79 Å². The number of amides is 1. The lowest BCUT2D eigenvalue weighted by molar-refractivity contribution is -0.128. The smallest absolute Gasteiger partial charge is 0.220 e. The van der Waals surface area contributed by atoms with Crippen molar-refractivity contribution in [2.45, 2.75) is 55.7 Å². The van der Waals surface area contributed by atoms with Crippen LogP contribution in [0, 0.1) is 17.3 Å². The van der Waals surface area contributed by atoms with E-state index in [4.69, 9.17) is 0 Å². The summed E-state index contributed by atoms with van der Waals surface area (Å²) in [4.78, 5) is 12.5. The molecular formula is C20H26BrNO. The molecule has 4 aliphatic rings. The molecule has 0 radical (unpaired) electrons. The topological polar surface area (TPSA) is 29.1 Å². The van der Waals surface area contributed by atoms with Crippen LogP contribution < -0.4 is 5.32 Å². The normalized spacial score (nSPS) is 37.8. The molecular weight excluding hydrogens is 350 g/mol. The highest BCUT2D eigenvalue weighted by molar-refractivity contribution is 9.10. The Kier molecular flexibility index (Phi) is 4.03. The summed E-state index contributed by atoms with van der Waals surface area (Å²) in [5, 5.41) is 3.16. The Morgan fingerprint density at radius 1 is 1.13 bits per heavy atom. The number of hydrogen-bond donors (Lipinski definition) is 1. The molecule has 0 spiro atoms. The van der Waals surface area contributed by atoms with Gasteiger partial charge in [0, 0.05) is 17.3 Å². The zero-order chi connectivity index (χ0) is 15.9. The van der Waals surface area contributed by atoms with Crippen molar-refractivity contribution in [1.29, 1.82) is 0 Å². The molecule has 1 aromatic carbocycles. The Morgan fingerprint density at radius 3 is 2.48 bits per heavy atom. The Balaban J connectivity index is 1.32. The lowest BCUT2D eigenvalue weighted by Crippen LogP contribution is -2.54. The minimum absolute atomic E-state index is 0.263. The molecule has 4 aliphatic carbocycles. The summed E-state index contributed by atoms with van der Waals surface area (Å²) in [6.07, 6.45) is 9.51. The standard InChI is InChI=1S/C20H26BrNO/c21-20-11-16-8-17(12-20)10-19(9-16,14-20)13-18(23)22-7-6-15-4-2-1-3-5-15/h1-5,16-17H,6-14H2,(H,22,23)/t16-,17-,19?,20?/m1/s1. The van der Waals surface area contributed by atoms with Gasteiger partial charge in [0.05, 0.1) is 0 Å². The van der Waals surface area contributed by atoms with Crippen molar-refractivity contribution >= 4 is 21.8 Å². The van der Waals surface area contributed by atoms with Crippen molar-refractivity contribution in [3.05, 3.63) is 35.9 Å². The van der Waals surface area contributed by atoms with Gasteiger partial charge in [-0.25, -0.2) is 0 Å². The molecule has 0 saturated heterocycles. The van der Waals surface area contributed by atoms with Gasteiger partial charge in [-0.15, -0.1) is 0 Å². The van der Waals surface area contributed by atoms with Crippen molar-refractivity contribution in [1.82, 2.24) is 5.32 Å². The van der Waals surface area contributed by atoms with Crippen molar-refractivity contribution < 1.29 is 4.79 Å². The van der Waals surface area contributed by atoms with Crippen LogP contribution in [0.4, 0.5) is 0 Å². The molecule has 2 nitrogen and oxygen atoms in total. The van der Waals surface area contributed by atoms with Crippen molar-refractivity contribution in [2.75, 3.05) is 6.54 Å². The highest BCUT2D eigenvalue weighted by Gasteiger charge is 2.57. The zero-order valence-corrected chi connectivity index (χ0v) is 15.3. The van der Waals surface area contributed by atoms with Crippen LogP contribution in [0.25, 0.3) is 0 Å². The van der Waals surface area contributed by atoms with Gasteiger partial charge >= 0.3 is 0 Å². The van der Waals surface area contributed by atoms with Crippen LogP contribution in [0.3, 0.4) is 0 Å². The first kappa shape index (κ1) is 15.7. The fourth-order valence-electron chi connectivity index (χ4n) is 5.94. The fraction of sp³-hybridized carbons (Fsp3) is 0.650. The second kappa shape index (κ2) is 5.91. The van der Waals surface area contributed by atoms with E-state index in [0.29, 0.717) is 4.32 Å². The van der Waals surface area contributed by atoms with Crippen LogP contribution in [-0.2, 0) is 11.2 Å². The van der Waals surface area contributed by atoms with Gasteiger partial charge in [-0.05, 0) is 67.8 Å². The third-order valence-corrected chi connectivity index (χ3v) is 7.15. The Morgan fingerprint density at radius 2 is 1.83 bits per heavy atom. The monoisotopic (exact) mass is 375 g/mol. The van der Waals surface area contributed by atoms with E-state index in [2.05, 4.69) is 45.5 Å². The average molecular weight is 376 g/mol. The SMILES string of the molecule is O=C(CC12C[C@H]3C[C@@H](CC(Br)(C3)C1)C2)NCCc1ccccc1. The predicted molar refractivity (Wildman–Crippen MR) is 96.5 cm³/mol. The number of benzene rings is 1. The van der Waals surface area contributed by atoms with Gasteiger partial charge in [0.1, 0.15) is 0 Å². The van der Waals surface area contributed by atoms with Crippen LogP contribution in [0.15, 0.2) is 30.3 Å². The van der Waals surface area contributed by atoms with Gasteiger partial charge < -0.3 is 5.32 Å². The van der Waals surface area contributed by atoms with E-state index in [1.807, 2.05) is 6.07 Å². The first-order valence-corrected chi connectivity index (χ1v) is 9.83. The zero-order valence-electron chi connectivity index (χ0n) is 13.7. The highest BCUT2D eigenvalue weighted by Crippen LogP contribution is 2.65. The summed E-state index contributed by atoms with van der Waals surface area (Å²) in [5.41, 5.74) is 1.58. The van der Waals surface area contributed by atoms with Crippen molar-refractivity contribution in [3.63, 3.8) is 0 Å². The van der Waals surface area contributed by atoms with E-state index in [0.717, 1.165) is 31.2 Å². The molecule has 5 rings (SSSR count). The molecule has 0 unspecified atom stereocenters. The van der Waals surface area contributed by atoms with E-state index in [-0.39, 0.29) is 11.3 Å². The molecule has 1 aromatic rings. The molecule has 3 heteroatoms. The molecule has 124 valence electrons. The van der Waals surface area contributed by atoms with Crippen molar-refractivity contribution in [2.24, 2.45) is 17.3 Å². The van der Waals surface area contributed by atoms with Crippen LogP contribution >= 0.6 is 15.9 Å². The molecule has 0 heterocycles. The number of alkyl halides is 1. The summed E-state index contributed by atoms with van der Waals surface area (Å²) in [5.74, 6) is 1.97. The minimum Gasteiger partial charge on any atom is -0.356 e. The highest BCUT2D eigenvalue weighted by atomic mass is 79.9. The Hall–Kier alpha value is -0.830. The van der Waals surface area contributed by atoms with Gasteiger partial charge in [-0.1, -0.05) is 46.3 Å². The van der Waals surface area contributed by atoms with E-state index in [1.165, 1.54) is 44.1 Å². The number of carbonyl (C=O) groups excluding carboxylic acids is 1. The van der Waals surface area contributed by atoms with E-state index in [1.54, 1.807) is 0 Å². The molecule has 2 atom stereocenters. The van der Waals surface area contributed by atoms with Gasteiger partial charge in [0.25, 0.3) is 0 Å². The third kappa shape index (κ3) is 3.35. The second-order valence-corrected chi connectivity index (χ2v) is 10.1. The molecule has 23 heavy (non-hydrogen) atoms. The van der Waals surface area contributed by atoms with E-state index >= 15 is 0 Å². The largest absolute Gasteiger partial charge is 0.356 e. The maximum absolute atomic E-state index is 12.5. The van der Waals surface area contributed by atoms with Crippen LogP contribution in [-0.4, -0.2) is 16.8 Å². The minimum atomic E-state index is 0.263. The summed E-state index contributed by atoms with van der Waals surface area (Å²) < 4.78 is 0.349. The van der Waals surface area contributed by atoms with Crippen LogP contribution in [0.5, 0.6) is 0 Å². The lowest BCUT2D eigenvalue weighted by atomic mass is 9.48. The average Bonchev–Trinajstić information content (AvgIpc) is 2.45. The molecule has 4 bridgehead atoms. The number of nitrogens with one attached hydrogen (secondary N) is 1. The number of halogens is 1. The van der Waals surface area contributed by atoms with Gasteiger partial charge in [0.2, 0.25) is 5.91 Å². The second-order valence-electron chi connectivity index (χ2n) is 8.37. The number of hydrogen-bond acceptors (Lipinski definition) is 1. The molecule has 0 aromatic heterocycles. The van der Waals surface area contributed by atoms with Gasteiger partial charge in [-0.2, -0.15) is 0 Å². The first-order valence-electron chi connectivity index (χ1n) is 9.04. The summed E-state index contributed by atoms with van der Waals surface area (Å²) in [6, 6.07) is 10.4. The Labute approximate surface area is 147 Å². The number of rotatable bonds is 5. The summed E-state index contributed by atoms with van der Waals surface area (Å²) >= 11 is 4.03.